The van der Waals surface area contributed by atoms with Crippen LogP contribution in [0.5, 0.6) is 0 Å². The molecule has 0 aromatic heterocycles. The number of morpholine rings is 1. The molecule has 5 heteroatoms. The molecule has 0 saturated carbocycles. The molecular formula is C17H25N3O2. The van der Waals surface area contributed by atoms with Gasteiger partial charge >= 0.3 is 0 Å². The van der Waals surface area contributed by atoms with Crippen LogP contribution in [0.1, 0.15) is 12.5 Å². The van der Waals surface area contributed by atoms with Gasteiger partial charge in [-0.15, -0.1) is 0 Å². The number of amides is 1. The predicted molar refractivity (Wildman–Crippen MR) is 85.5 cm³/mol. The second-order valence-corrected chi connectivity index (χ2v) is 6.09. The molecule has 3 rings (SSSR count). The van der Waals surface area contributed by atoms with E-state index in [1.807, 2.05) is 17.9 Å². The van der Waals surface area contributed by atoms with Crippen molar-refractivity contribution in [3.05, 3.63) is 35.9 Å². The number of hydrogen-bond acceptors (Lipinski definition) is 4. The third-order valence-electron chi connectivity index (χ3n) is 4.52. The van der Waals surface area contributed by atoms with Crippen molar-refractivity contribution in [2.24, 2.45) is 0 Å². The van der Waals surface area contributed by atoms with Gasteiger partial charge in [0.05, 0.1) is 12.7 Å². The van der Waals surface area contributed by atoms with Crippen LogP contribution < -0.4 is 5.32 Å². The minimum Gasteiger partial charge on any atom is -0.375 e. The summed E-state index contributed by atoms with van der Waals surface area (Å²) in [6, 6.07) is 10.3. The van der Waals surface area contributed by atoms with Crippen LogP contribution in [0, 0.1) is 0 Å². The van der Waals surface area contributed by atoms with Crippen molar-refractivity contribution in [2.75, 3.05) is 39.3 Å². The quantitative estimate of drug-likeness (QED) is 0.893. The van der Waals surface area contributed by atoms with Gasteiger partial charge in [-0.3, -0.25) is 9.69 Å². The van der Waals surface area contributed by atoms with Gasteiger partial charge in [0, 0.05) is 39.3 Å². The predicted octanol–water partition coefficient (Wildman–Crippen LogP) is 0.708. The van der Waals surface area contributed by atoms with Crippen LogP contribution in [0.25, 0.3) is 0 Å². The van der Waals surface area contributed by atoms with Crippen LogP contribution in [0.15, 0.2) is 30.3 Å². The van der Waals surface area contributed by atoms with Crippen LogP contribution in [0.4, 0.5) is 0 Å². The van der Waals surface area contributed by atoms with Gasteiger partial charge in [0.15, 0.2) is 0 Å². The number of rotatable bonds is 3. The molecule has 2 heterocycles. The SMILES string of the molecule is C[C@H]1OCCN[C@@H]1C(=O)N1CCN(Cc2ccccc2)CC1. The third kappa shape index (κ3) is 3.66. The number of nitrogens with zero attached hydrogens (tertiary/aromatic N) is 2. The van der Waals surface area contributed by atoms with Crippen LogP contribution >= 0.6 is 0 Å². The lowest BCUT2D eigenvalue weighted by molar-refractivity contribution is -0.141. The van der Waals surface area contributed by atoms with E-state index in [9.17, 15) is 4.79 Å². The van der Waals surface area contributed by atoms with Crippen LogP contribution in [-0.2, 0) is 16.1 Å². The van der Waals surface area contributed by atoms with Gasteiger partial charge in [0.1, 0.15) is 6.04 Å². The third-order valence-corrected chi connectivity index (χ3v) is 4.52. The summed E-state index contributed by atoms with van der Waals surface area (Å²) in [5.74, 6) is 0.187. The van der Waals surface area contributed by atoms with Gasteiger partial charge in [-0.2, -0.15) is 0 Å². The molecule has 0 aliphatic carbocycles. The molecular weight excluding hydrogens is 278 g/mol. The van der Waals surface area contributed by atoms with Gasteiger partial charge in [-0.05, 0) is 12.5 Å². The first kappa shape index (κ1) is 15.5. The maximum atomic E-state index is 12.6. The normalized spacial score (nSPS) is 26.9. The molecule has 1 amide bonds. The van der Waals surface area contributed by atoms with Gasteiger partial charge in [-0.25, -0.2) is 0 Å². The number of piperazine rings is 1. The Bertz CT molecular complexity index is 486. The average Bonchev–Trinajstić information content (AvgIpc) is 2.56. The molecule has 1 aromatic carbocycles. The Morgan fingerprint density at radius 3 is 2.64 bits per heavy atom. The maximum absolute atomic E-state index is 12.6. The zero-order valence-corrected chi connectivity index (χ0v) is 13.2. The molecule has 0 radical (unpaired) electrons. The Balaban J connectivity index is 1.50. The number of hydrogen-bond donors (Lipinski definition) is 1. The smallest absolute Gasteiger partial charge is 0.242 e. The van der Waals surface area contributed by atoms with E-state index in [0.29, 0.717) is 6.61 Å². The summed E-state index contributed by atoms with van der Waals surface area (Å²) >= 11 is 0. The number of benzene rings is 1. The molecule has 0 unspecified atom stereocenters. The van der Waals surface area contributed by atoms with E-state index in [0.717, 1.165) is 39.3 Å². The van der Waals surface area contributed by atoms with Gasteiger partial charge in [0.2, 0.25) is 5.91 Å². The van der Waals surface area contributed by atoms with E-state index >= 15 is 0 Å². The fraction of sp³-hybridized carbons (Fsp3) is 0.588. The van der Waals surface area contributed by atoms with Crippen molar-refractivity contribution in [3.8, 4) is 0 Å². The second kappa shape index (κ2) is 7.22. The van der Waals surface area contributed by atoms with Gasteiger partial charge < -0.3 is 15.0 Å². The Hall–Kier alpha value is -1.43. The first-order valence-corrected chi connectivity index (χ1v) is 8.14. The van der Waals surface area contributed by atoms with Crippen LogP contribution in [0.3, 0.4) is 0 Å². The van der Waals surface area contributed by atoms with Crippen LogP contribution in [-0.4, -0.2) is 67.2 Å². The van der Waals surface area contributed by atoms with E-state index < -0.39 is 0 Å². The molecule has 2 fully saturated rings. The van der Waals surface area contributed by atoms with Gasteiger partial charge in [-0.1, -0.05) is 30.3 Å². The lowest BCUT2D eigenvalue weighted by Gasteiger charge is -2.38. The Labute approximate surface area is 132 Å². The number of carbonyl (C=O) groups is 1. The summed E-state index contributed by atoms with van der Waals surface area (Å²) in [5.41, 5.74) is 1.33. The molecule has 1 aromatic rings. The molecule has 22 heavy (non-hydrogen) atoms. The van der Waals surface area contributed by atoms with Crippen molar-refractivity contribution in [1.82, 2.24) is 15.1 Å². The standard InChI is InChI=1S/C17H25N3O2/c1-14-16(18-7-12-22-14)17(21)20-10-8-19(9-11-20)13-15-5-3-2-4-6-15/h2-6,14,16,18H,7-13H2,1H3/t14-,16+/m1/s1. The lowest BCUT2D eigenvalue weighted by atomic mass is 10.1. The van der Waals surface area contributed by atoms with E-state index in [2.05, 4.69) is 34.5 Å². The monoisotopic (exact) mass is 303 g/mol. The van der Waals surface area contributed by atoms with Gasteiger partial charge in [0.25, 0.3) is 0 Å². The Kier molecular flexibility index (Phi) is 5.08. The van der Waals surface area contributed by atoms with Crippen molar-refractivity contribution in [2.45, 2.75) is 25.6 Å². The van der Waals surface area contributed by atoms with E-state index in [1.165, 1.54) is 5.56 Å². The van der Waals surface area contributed by atoms with E-state index in [4.69, 9.17) is 4.74 Å². The van der Waals surface area contributed by atoms with Crippen molar-refractivity contribution < 1.29 is 9.53 Å². The molecule has 2 aliphatic heterocycles. The summed E-state index contributed by atoms with van der Waals surface area (Å²) in [7, 11) is 0. The first-order valence-electron chi connectivity index (χ1n) is 8.14. The Morgan fingerprint density at radius 2 is 1.95 bits per heavy atom. The largest absolute Gasteiger partial charge is 0.375 e. The topological polar surface area (TPSA) is 44.8 Å². The van der Waals surface area contributed by atoms with E-state index in [1.54, 1.807) is 0 Å². The molecule has 120 valence electrons. The summed E-state index contributed by atoms with van der Waals surface area (Å²) in [4.78, 5) is 17.0. The van der Waals surface area contributed by atoms with Crippen LogP contribution in [0.2, 0.25) is 0 Å². The number of nitrogens with one attached hydrogen (secondary N) is 1. The first-order chi connectivity index (χ1) is 10.7. The van der Waals surface area contributed by atoms with Crippen molar-refractivity contribution >= 4 is 5.91 Å². The molecule has 2 saturated heterocycles. The summed E-state index contributed by atoms with van der Waals surface area (Å²) in [6.07, 6.45) is -0.0383. The fourth-order valence-corrected chi connectivity index (χ4v) is 3.17. The average molecular weight is 303 g/mol. The summed E-state index contributed by atoms with van der Waals surface area (Å²) in [5, 5.41) is 3.29. The minimum absolute atomic E-state index is 0.0383. The molecule has 2 aliphatic rings. The second-order valence-electron chi connectivity index (χ2n) is 6.09. The summed E-state index contributed by atoms with van der Waals surface area (Å²) in [6.45, 7) is 7.85. The minimum atomic E-state index is -0.186. The van der Waals surface area contributed by atoms with Crippen molar-refractivity contribution in [3.63, 3.8) is 0 Å². The highest BCUT2D eigenvalue weighted by Gasteiger charge is 2.33. The summed E-state index contributed by atoms with van der Waals surface area (Å²) < 4.78 is 5.58. The highest BCUT2D eigenvalue weighted by atomic mass is 16.5. The lowest BCUT2D eigenvalue weighted by Crippen LogP contribution is -2.59. The number of ether oxygens (including phenoxy) is 1. The highest BCUT2D eigenvalue weighted by Crippen LogP contribution is 2.12. The molecule has 0 bridgehead atoms. The Morgan fingerprint density at radius 1 is 1.23 bits per heavy atom. The molecule has 1 N–H and O–H groups in total. The number of carbonyl (C=O) groups excluding carboxylic acids is 1. The zero-order valence-electron chi connectivity index (χ0n) is 13.2. The highest BCUT2D eigenvalue weighted by molar-refractivity contribution is 5.82. The molecule has 0 spiro atoms. The maximum Gasteiger partial charge on any atom is 0.242 e. The van der Waals surface area contributed by atoms with Crippen molar-refractivity contribution in [1.29, 1.82) is 0 Å². The fourth-order valence-electron chi connectivity index (χ4n) is 3.17. The molecule has 2 atom stereocenters. The van der Waals surface area contributed by atoms with E-state index in [-0.39, 0.29) is 18.1 Å². The molecule has 5 nitrogen and oxygen atoms in total. The zero-order chi connectivity index (χ0) is 15.4.